The van der Waals surface area contributed by atoms with E-state index < -0.39 is 0 Å². The van der Waals surface area contributed by atoms with Crippen LogP contribution in [0.2, 0.25) is 0 Å². The first kappa shape index (κ1) is 19.0. The maximum absolute atomic E-state index is 9.91. The van der Waals surface area contributed by atoms with Gasteiger partial charge in [-0.1, -0.05) is 56.3 Å². The van der Waals surface area contributed by atoms with Crippen LogP contribution in [0.25, 0.3) is 5.76 Å². The van der Waals surface area contributed by atoms with Crippen LogP contribution >= 0.6 is 0 Å². The van der Waals surface area contributed by atoms with Gasteiger partial charge in [0, 0.05) is 17.9 Å². The van der Waals surface area contributed by atoms with E-state index in [1.54, 1.807) is 7.11 Å². The Morgan fingerprint density at radius 2 is 1.81 bits per heavy atom. The molecule has 0 saturated carbocycles. The Morgan fingerprint density at radius 1 is 1.11 bits per heavy atom. The van der Waals surface area contributed by atoms with Gasteiger partial charge in [-0.25, -0.2) is 0 Å². The van der Waals surface area contributed by atoms with Gasteiger partial charge < -0.3 is 14.2 Å². The summed E-state index contributed by atoms with van der Waals surface area (Å²) in [5.41, 5.74) is 2.59. The summed E-state index contributed by atoms with van der Waals surface area (Å²) in [5, 5.41) is 9.91. The first-order valence-corrected chi connectivity index (χ1v) is 9.24. The van der Waals surface area contributed by atoms with Gasteiger partial charge in [0.05, 0.1) is 25.4 Å². The molecule has 0 unspecified atom stereocenters. The minimum atomic E-state index is -0.383. The maximum Gasteiger partial charge on any atom is 0.200 e. The predicted octanol–water partition coefficient (Wildman–Crippen LogP) is 5.13. The van der Waals surface area contributed by atoms with E-state index in [4.69, 9.17) is 14.2 Å². The summed E-state index contributed by atoms with van der Waals surface area (Å²) in [6.45, 7) is 4.83. The lowest BCUT2D eigenvalue weighted by molar-refractivity contribution is -0.116. The van der Waals surface area contributed by atoms with Gasteiger partial charge in [-0.05, 0) is 23.6 Å². The molecule has 140 valence electrons. The third-order valence-corrected chi connectivity index (χ3v) is 4.56. The van der Waals surface area contributed by atoms with Crippen LogP contribution in [-0.2, 0) is 9.47 Å². The first-order valence-electron chi connectivity index (χ1n) is 9.24. The van der Waals surface area contributed by atoms with Crippen molar-refractivity contribution in [2.75, 3.05) is 13.7 Å². The van der Waals surface area contributed by atoms with Crippen molar-refractivity contribution in [2.45, 2.75) is 32.5 Å². The molecule has 1 heterocycles. The van der Waals surface area contributed by atoms with E-state index in [0.29, 0.717) is 30.3 Å². The Balaban J connectivity index is 2.00. The minimum Gasteiger partial charge on any atom is -0.497 e. The number of nitrogens with zero attached hydrogens (tertiary/aromatic N) is 1. The number of hydrogen-bond donors (Lipinski definition) is 0. The zero-order valence-electron chi connectivity index (χ0n) is 16.0. The largest absolute Gasteiger partial charge is 0.497 e. The molecule has 0 radical (unpaired) electrons. The van der Waals surface area contributed by atoms with Gasteiger partial charge >= 0.3 is 0 Å². The lowest BCUT2D eigenvalue weighted by Crippen LogP contribution is -2.27. The van der Waals surface area contributed by atoms with E-state index in [9.17, 15) is 5.26 Å². The number of benzene rings is 2. The summed E-state index contributed by atoms with van der Waals surface area (Å²) in [6, 6.07) is 20.0. The van der Waals surface area contributed by atoms with Crippen LogP contribution in [0.3, 0.4) is 0 Å². The van der Waals surface area contributed by atoms with Gasteiger partial charge in [-0.2, -0.15) is 5.26 Å². The van der Waals surface area contributed by atoms with Crippen molar-refractivity contribution in [3.8, 4) is 11.8 Å². The molecule has 0 saturated heterocycles. The molecule has 2 atom stereocenters. The Kier molecular flexibility index (Phi) is 6.16. The fraction of sp³-hybridized carbons (Fsp3) is 0.348. The van der Waals surface area contributed by atoms with Crippen LogP contribution in [0.5, 0.6) is 5.75 Å². The quantitative estimate of drug-likeness (QED) is 0.714. The van der Waals surface area contributed by atoms with Crippen molar-refractivity contribution >= 4 is 5.76 Å². The maximum atomic E-state index is 9.91. The number of methoxy groups -OCH3 is 1. The molecule has 4 nitrogen and oxygen atoms in total. The van der Waals surface area contributed by atoms with Crippen LogP contribution < -0.4 is 4.74 Å². The lowest BCUT2D eigenvalue weighted by atomic mass is 9.85. The predicted molar refractivity (Wildman–Crippen MR) is 105 cm³/mol. The van der Waals surface area contributed by atoms with Gasteiger partial charge in [0.15, 0.2) is 0 Å². The molecular formula is C23H25NO3. The van der Waals surface area contributed by atoms with Crippen molar-refractivity contribution in [1.82, 2.24) is 0 Å². The third kappa shape index (κ3) is 4.50. The monoisotopic (exact) mass is 363 g/mol. The third-order valence-electron chi connectivity index (χ3n) is 4.56. The molecule has 2 aromatic carbocycles. The molecule has 0 bridgehead atoms. The first-order chi connectivity index (χ1) is 13.1. The average molecular weight is 363 g/mol. The second-order valence-corrected chi connectivity index (χ2v) is 7.06. The van der Waals surface area contributed by atoms with Crippen LogP contribution in [0.15, 0.2) is 60.2 Å². The van der Waals surface area contributed by atoms with Crippen LogP contribution in [0.1, 0.15) is 37.3 Å². The van der Waals surface area contributed by atoms with Crippen LogP contribution in [0, 0.1) is 17.2 Å². The van der Waals surface area contributed by atoms with Crippen LogP contribution in [0.4, 0.5) is 0 Å². The van der Waals surface area contributed by atoms with Gasteiger partial charge in [-0.15, -0.1) is 0 Å². The molecule has 3 rings (SSSR count). The molecule has 27 heavy (non-hydrogen) atoms. The highest BCUT2D eigenvalue weighted by molar-refractivity contribution is 5.69. The highest BCUT2D eigenvalue weighted by Crippen LogP contribution is 2.41. The summed E-state index contributed by atoms with van der Waals surface area (Å²) in [4.78, 5) is 0. The molecule has 1 aliphatic heterocycles. The van der Waals surface area contributed by atoms with E-state index in [-0.39, 0.29) is 12.2 Å². The van der Waals surface area contributed by atoms with Crippen molar-refractivity contribution in [1.29, 1.82) is 5.26 Å². The topological polar surface area (TPSA) is 51.5 Å². The number of allylic oxidation sites excluding steroid dienone is 1. The molecular weight excluding hydrogens is 338 g/mol. The van der Waals surface area contributed by atoms with Crippen LogP contribution in [-0.4, -0.2) is 20.0 Å². The smallest absolute Gasteiger partial charge is 0.200 e. The summed E-state index contributed by atoms with van der Waals surface area (Å²) in [5.74, 6) is 1.74. The van der Waals surface area contributed by atoms with Crippen molar-refractivity contribution in [2.24, 2.45) is 5.92 Å². The molecule has 0 spiro atoms. The van der Waals surface area contributed by atoms with Gasteiger partial charge in [-0.3, -0.25) is 0 Å². The zero-order valence-corrected chi connectivity index (χ0v) is 16.0. The average Bonchev–Trinajstić information content (AvgIpc) is 2.72. The molecule has 0 aromatic heterocycles. The van der Waals surface area contributed by atoms with E-state index in [1.165, 1.54) is 0 Å². The van der Waals surface area contributed by atoms with E-state index in [1.807, 2.05) is 54.6 Å². The Bertz CT molecular complexity index is 819. The molecule has 0 N–H and O–H groups in total. The molecule has 2 aromatic rings. The summed E-state index contributed by atoms with van der Waals surface area (Å²) >= 11 is 0. The van der Waals surface area contributed by atoms with Crippen molar-refractivity contribution < 1.29 is 14.2 Å². The SMILES string of the molecule is COc1ccc([C@H]2C[C@@H](OCC(C)C)OC(c3ccccc3)=C2C#N)cc1. The summed E-state index contributed by atoms with van der Waals surface area (Å²) in [6.07, 6.45) is 0.227. The van der Waals surface area contributed by atoms with Gasteiger partial charge in [0.2, 0.25) is 6.29 Å². The highest BCUT2D eigenvalue weighted by Gasteiger charge is 2.33. The number of hydrogen-bond acceptors (Lipinski definition) is 4. The number of ether oxygens (including phenoxy) is 3. The van der Waals surface area contributed by atoms with E-state index in [2.05, 4.69) is 19.9 Å². The standard InChI is InChI=1S/C23H25NO3/c1-16(2)15-26-22-13-20(17-9-11-19(25-3)12-10-17)21(14-24)23(27-22)18-7-5-4-6-8-18/h4-12,16,20,22H,13,15H2,1-3H3/t20-,22+/m1/s1. The summed E-state index contributed by atoms with van der Waals surface area (Å²) < 4.78 is 17.4. The molecule has 4 heteroatoms. The lowest BCUT2D eigenvalue weighted by Gasteiger charge is -2.32. The molecule has 0 aliphatic carbocycles. The molecule has 0 fully saturated rings. The second-order valence-electron chi connectivity index (χ2n) is 7.06. The number of rotatable bonds is 6. The highest BCUT2D eigenvalue weighted by atomic mass is 16.7. The Morgan fingerprint density at radius 3 is 2.41 bits per heavy atom. The van der Waals surface area contributed by atoms with Gasteiger partial charge in [0.25, 0.3) is 0 Å². The van der Waals surface area contributed by atoms with Crippen molar-refractivity contribution in [3.05, 3.63) is 71.3 Å². The number of nitriles is 1. The zero-order chi connectivity index (χ0) is 19.2. The normalized spacial score (nSPS) is 19.5. The van der Waals surface area contributed by atoms with Gasteiger partial charge in [0.1, 0.15) is 11.5 Å². The van der Waals surface area contributed by atoms with E-state index >= 15 is 0 Å². The second kappa shape index (κ2) is 8.75. The fourth-order valence-corrected chi connectivity index (χ4v) is 3.19. The summed E-state index contributed by atoms with van der Waals surface area (Å²) in [7, 11) is 1.65. The Hall–Kier alpha value is -2.77. The molecule has 0 amide bonds. The van der Waals surface area contributed by atoms with Crippen molar-refractivity contribution in [3.63, 3.8) is 0 Å². The molecule has 1 aliphatic rings. The Labute approximate surface area is 161 Å². The van der Waals surface area contributed by atoms with E-state index in [0.717, 1.165) is 16.9 Å². The fourth-order valence-electron chi connectivity index (χ4n) is 3.19. The minimum absolute atomic E-state index is 0.0815.